The van der Waals surface area contributed by atoms with Gasteiger partial charge < -0.3 is 10.1 Å². The number of ether oxygens (including phenoxy) is 1. The number of anilines is 1. The predicted molar refractivity (Wildman–Crippen MR) is 91.9 cm³/mol. The number of hydrogen-bond acceptors (Lipinski definition) is 6. The van der Waals surface area contributed by atoms with Crippen LogP contribution >= 0.6 is 27.7 Å². The van der Waals surface area contributed by atoms with Gasteiger partial charge in [0.15, 0.2) is 0 Å². The SMILES string of the molecule is CCCNc1nc(C2CSCCN2C)nc(COC)c1Br. The number of halogens is 1. The van der Waals surface area contributed by atoms with Crippen LogP contribution in [0.3, 0.4) is 0 Å². The van der Waals surface area contributed by atoms with Crippen molar-refractivity contribution in [1.82, 2.24) is 14.9 Å². The van der Waals surface area contributed by atoms with Gasteiger partial charge >= 0.3 is 0 Å². The summed E-state index contributed by atoms with van der Waals surface area (Å²) >= 11 is 5.56. The van der Waals surface area contributed by atoms with E-state index in [2.05, 4.69) is 40.1 Å². The Morgan fingerprint density at radius 3 is 2.95 bits per heavy atom. The van der Waals surface area contributed by atoms with Crippen molar-refractivity contribution in [3.05, 3.63) is 16.0 Å². The Hall–Kier alpha value is -0.370. The number of hydrogen-bond donors (Lipinski definition) is 1. The summed E-state index contributed by atoms with van der Waals surface area (Å²) in [5.74, 6) is 3.98. The van der Waals surface area contributed by atoms with E-state index < -0.39 is 0 Å². The Labute approximate surface area is 139 Å². The lowest BCUT2D eigenvalue weighted by Crippen LogP contribution is -2.34. The first-order valence-corrected chi connectivity index (χ1v) is 9.19. The Kier molecular flexibility index (Phi) is 6.73. The maximum atomic E-state index is 5.27. The van der Waals surface area contributed by atoms with E-state index >= 15 is 0 Å². The zero-order valence-corrected chi connectivity index (χ0v) is 15.3. The second kappa shape index (κ2) is 8.31. The highest BCUT2D eigenvalue weighted by atomic mass is 79.9. The highest BCUT2D eigenvalue weighted by Gasteiger charge is 2.25. The molecule has 1 saturated heterocycles. The largest absolute Gasteiger partial charge is 0.378 e. The van der Waals surface area contributed by atoms with Crippen LogP contribution < -0.4 is 5.32 Å². The lowest BCUT2D eigenvalue weighted by Gasteiger charge is -2.31. The molecule has 1 aromatic rings. The van der Waals surface area contributed by atoms with E-state index in [-0.39, 0.29) is 6.04 Å². The summed E-state index contributed by atoms with van der Waals surface area (Å²) in [5, 5.41) is 3.38. The molecule has 1 atom stereocenters. The summed E-state index contributed by atoms with van der Waals surface area (Å²) in [5.41, 5.74) is 0.907. The molecule has 118 valence electrons. The Bertz CT molecular complexity index is 475. The van der Waals surface area contributed by atoms with Crippen molar-refractivity contribution in [2.75, 3.05) is 44.1 Å². The molecule has 0 bridgehead atoms. The lowest BCUT2D eigenvalue weighted by atomic mass is 10.2. The van der Waals surface area contributed by atoms with Crippen LogP contribution in [0, 0.1) is 0 Å². The van der Waals surface area contributed by atoms with Crippen LogP contribution in [-0.4, -0.2) is 53.6 Å². The van der Waals surface area contributed by atoms with Crippen molar-refractivity contribution in [3.8, 4) is 0 Å². The van der Waals surface area contributed by atoms with Gasteiger partial charge in [-0.2, -0.15) is 11.8 Å². The number of aromatic nitrogens is 2. The predicted octanol–water partition coefficient (Wildman–Crippen LogP) is 2.93. The molecule has 7 heteroatoms. The second-order valence-corrected chi connectivity index (χ2v) is 7.07. The van der Waals surface area contributed by atoms with E-state index in [0.29, 0.717) is 6.61 Å². The van der Waals surface area contributed by atoms with Gasteiger partial charge in [-0.25, -0.2) is 9.97 Å². The molecule has 0 aliphatic carbocycles. The first-order valence-electron chi connectivity index (χ1n) is 7.24. The molecule has 0 spiro atoms. The highest BCUT2D eigenvalue weighted by molar-refractivity contribution is 9.10. The number of thioether (sulfide) groups is 1. The minimum absolute atomic E-state index is 0.273. The summed E-state index contributed by atoms with van der Waals surface area (Å²) in [7, 11) is 3.83. The molecule has 2 rings (SSSR count). The molecule has 1 unspecified atom stereocenters. The van der Waals surface area contributed by atoms with Crippen LogP contribution in [0.15, 0.2) is 4.47 Å². The van der Waals surface area contributed by atoms with Gasteiger partial charge in [-0.15, -0.1) is 0 Å². The number of nitrogens with one attached hydrogen (secondary N) is 1. The molecule has 21 heavy (non-hydrogen) atoms. The molecule has 0 saturated carbocycles. The van der Waals surface area contributed by atoms with Gasteiger partial charge in [0.1, 0.15) is 11.6 Å². The van der Waals surface area contributed by atoms with E-state index in [4.69, 9.17) is 14.7 Å². The average molecular weight is 375 g/mol. The molecule has 1 N–H and O–H groups in total. The van der Waals surface area contributed by atoms with Crippen molar-refractivity contribution in [3.63, 3.8) is 0 Å². The van der Waals surface area contributed by atoms with Gasteiger partial charge in [0, 0.05) is 31.7 Å². The van der Waals surface area contributed by atoms with Crippen molar-refractivity contribution in [2.24, 2.45) is 0 Å². The van der Waals surface area contributed by atoms with E-state index in [1.54, 1.807) is 7.11 Å². The standard InChI is InChI=1S/C14H23BrN4OS/c1-4-5-16-14-12(15)10(8-20-3)17-13(18-14)11-9-21-7-6-19(11)2/h11H,4-9H2,1-3H3,(H,16,17,18). The van der Waals surface area contributed by atoms with Crippen molar-refractivity contribution >= 4 is 33.5 Å². The molecule has 5 nitrogen and oxygen atoms in total. The summed E-state index contributed by atoms with van der Waals surface area (Å²) in [6, 6.07) is 0.273. The zero-order valence-electron chi connectivity index (χ0n) is 12.9. The van der Waals surface area contributed by atoms with Crippen LogP contribution in [0.2, 0.25) is 0 Å². The molecule has 0 amide bonds. The number of methoxy groups -OCH3 is 1. The Morgan fingerprint density at radius 1 is 1.48 bits per heavy atom. The maximum Gasteiger partial charge on any atom is 0.149 e. The van der Waals surface area contributed by atoms with E-state index in [9.17, 15) is 0 Å². The summed E-state index contributed by atoms with van der Waals surface area (Å²) in [6.07, 6.45) is 1.06. The molecule has 1 aromatic heterocycles. The van der Waals surface area contributed by atoms with Crippen molar-refractivity contribution in [1.29, 1.82) is 0 Å². The van der Waals surface area contributed by atoms with Gasteiger partial charge in [0.05, 0.1) is 22.8 Å². The van der Waals surface area contributed by atoms with Crippen molar-refractivity contribution in [2.45, 2.75) is 26.0 Å². The van der Waals surface area contributed by atoms with Gasteiger partial charge in [-0.1, -0.05) is 6.92 Å². The Morgan fingerprint density at radius 2 is 2.29 bits per heavy atom. The average Bonchev–Trinajstić information content (AvgIpc) is 2.49. The third-order valence-electron chi connectivity index (χ3n) is 3.45. The van der Waals surface area contributed by atoms with Crippen LogP contribution in [0.25, 0.3) is 0 Å². The molecular formula is C14H23BrN4OS. The summed E-state index contributed by atoms with van der Waals surface area (Å²) < 4.78 is 6.18. The van der Waals surface area contributed by atoms with Crippen LogP contribution in [0.5, 0.6) is 0 Å². The monoisotopic (exact) mass is 374 g/mol. The first-order chi connectivity index (χ1) is 10.2. The van der Waals surface area contributed by atoms with Crippen LogP contribution in [0.4, 0.5) is 5.82 Å². The minimum Gasteiger partial charge on any atom is -0.378 e. The first kappa shape index (κ1) is 17.0. The van der Waals surface area contributed by atoms with E-state index in [1.807, 2.05) is 11.8 Å². The maximum absolute atomic E-state index is 5.27. The highest BCUT2D eigenvalue weighted by Crippen LogP contribution is 2.30. The van der Waals surface area contributed by atoms with Gasteiger partial charge in [0.2, 0.25) is 0 Å². The molecule has 0 radical (unpaired) electrons. The number of rotatable bonds is 6. The van der Waals surface area contributed by atoms with E-state index in [0.717, 1.165) is 47.1 Å². The molecule has 2 heterocycles. The minimum atomic E-state index is 0.273. The van der Waals surface area contributed by atoms with Crippen LogP contribution in [-0.2, 0) is 11.3 Å². The molecular weight excluding hydrogens is 352 g/mol. The van der Waals surface area contributed by atoms with Gasteiger partial charge in [0.25, 0.3) is 0 Å². The smallest absolute Gasteiger partial charge is 0.149 e. The fourth-order valence-electron chi connectivity index (χ4n) is 2.21. The lowest BCUT2D eigenvalue weighted by molar-refractivity contribution is 0.179. The summed E-state index contributed by atoms with van der Waals surface area (Å²) in [6.45, 7) is 4.61. The van der Waals surface area contributed by atoms with Crippen LogP contribution in [0.1, 0.15) is 30.9 Å². The molecule has 0 aromatic carbocycles. The topological polar surface area (TPSA) is 50.3 Å². The number of nitrogens with zero attached hydrogens (tertiary/aromatic N) is 3. The van der Waals surface area contributed by atoms with E-state index in [1.165, 1.54) is 5.75 Å². The van der Waals surface area contributed by atoms with Gasteiger partial charge in [-0.05, 0) is 29.4 Å². The summed E-state index contributed by atoms with van der Waals surface area (Å²) in [4.78, 5) is 11.8. The van der Waals surface area contributed by atoms with Crippen molar-refractivity contribution < 1.29 is 4.74 Å². The zero-order chi connectivity index (χ0) is 15.2. The third kappa shape index (κ3) is 4.31. The fourth-order valence-corrected chi connectivity index (χ4v) is 3.86. The molecule has 1 aliphatic heterocycles. The molecule has 1 fully saturated rings. The molecule has 1 aliphatic rings. The Balaban J connectivity index is 2.32. The third-order valence-corrected chi connectivity index (χ3v) is 5.31. The quantitative estimate of drug-likeness (QED) is 0.825. The normalized spacial score (nSPS) is 19.7. The second-order valence-electron chi connectivity index (χ2n) is 5.12. The fraction of sp³-hybridized carbons (Fsp3) is 0.714. The van der Waals surface area contributed by atoms with Gasteiger partial charge in [-0.3, -0.25) is 4.90 Å².